The second-order valence-electron chi connectivity index (χ2n) is 10.4. The second kappa shape index (κ2) is 7.92. The lowest BCUT2D eigenvalue weighted by molar-refractivity contribution is -0.158. The van der Waals surface area contributed by atoms with Gasteiger partial charge < -0.3 is 0 Å². The van der Waals surface area contributed by atoms with Gasteiger partial charge in [-0.05, 0) is 53.1 Å². The van der Waals surface area contributed by atoms with Crippen LogP contribution in [-0.4, -0.2) is 0 Å². The predicted molar refractivity (Wildman–Crippen MR) is 124 cm³/mol. The Bertz CT molecular complexity index is 543. The molecule has 2 rings (SSSR count). The third-order valence-corrected chi connectivity index (χ3v) is 8.06. The third kappa shape index (κ3) is 2.76. The summed E-state index contributed by atoms with van der Waals surface area (Å²) in [6, 6.07) is 9.47. The van der Waals surface area contributed by atoms with Crippen LogP contribution in [0.15, 0.2) is 24.3 Å². The zero-order valence-electron chi connectivity index (χ0n) is 20.6. The highest BCUT2D eigenvalue weighted by Crippen LogP contribution is 2.78. The summed E-state index contributed by atoms with van der Waals surface area (Å²) in [5, 5.41) is 0. The normalized spacial score (nSPS) is 19.9. The summed E-state index contributed by atoms with van der Waals surface area (Å²) in [6.07, 6.45) is 4.88. The van der Waals surface area contributed by atoms with Gasteiger partial charge in [0, 0.05) is 10.8 Å². The first kappa shape index (κ1) is 24.3. The molecule has 27 heavy (non-hydrogen) atoms. The van der Waals surface area contributed by atoms with Crippen LogP contribution in [0.4, 0.5) is 0 Å². The van der Waals surface area contributed by atoms with Crippen LogP contribution in [0.25, 0.3) is 0 Å². The lowest BCUT2D eigenvalue weighted by Gasteiger charge is -2.68. The standard InChI is InChI=1S/C25H42.C2H6/c1-11-23(12-2)19-17-15-16-18-20(19)24(13-3,14-4)25(23,21(5,6)7)22(8,9)10;1-2/h15-18H,11-14H2,1-10H3;1-2H3. The minimum Gasteiger partial charge on any atom is -0.0683 e. The highest BCUT2D eigenvalue weighted by Gasteiger charge is 2.74. The highest BCUT2D eigenvalue weighted by atomic mass is 14.8. The number of rotatable bonds is 4. The molecule has 0 saturated heterocycles. The molecule has 0 aliphatic heterocycles. The van der Waals surface area contributed by atoms with Crippen LogP contribution in [0.2, 0.25) is 0 Å². The molecule has 0 bridgehead atoms. The third-order valence-electron chi connectivity index (χ3n) is 8.06. The maximum Gasteiger partial charge on any atom is 0.00256 e. The summed E-state index contributed by atoms with van der Waals surface area (Å²) >= 11 is 0. The van der Waals surface area contributed by atoms with Gasteiger partial charge >= 0.3 is 0 Å². The molecule has 0 amide bonds. The fourth-order valence-corrected chi connectivity index (χ4v) is 8.50. The molecule has 0 heterocycles. The summed E-state index contributed by atoms with van der Waals surface area (Å²) in [5.41, 5.74) is 4.38. The Hall–Kier alpha value is -0.780. The van der Waals surface area contributed by atoms with Gasteiger partial charge in [0.2, 0.25) is 0 Å². The Morgan fingerprint density at radius 2 is 0.852 bits per heavy atom. The van der Waals surface area contributed by atoms with Crippen molar-refractivity contribution in [1.29, 1.82) is 0 Å². The first-order valence-corrected chi connectivity index (χ1v) is 11.6. The van der Waals surface area contributed by atoms with E-state index in [0.29, 0.717) is 0 Å². The molecule has 0 radical (unpaired) electrons. The fraction of sp³-hybridized carbons (Fsp3) is 0.778. The molecule has 0 atom stereocenters. The molecule has 156 valence electrons. The van der Waals surface area contributed by atoms with Crippen molar-refractivity contribution in [3.05, 3.63) is 35.4 Å². The van der Waals surface area contributed by atoms with Gasteiger partial charge in [-0.15, -0.1) is 0 Å². The molecule has 0 fully saturated rings. The lowest BCUT2D eigenvalue weighted by atomic mass is 9.35. The molecular formula is C27H48. The summed E-state index contributed by atoms with van der Waals surface area (Å²) < 4.78 is 0. The van der Waals surface area contributed by atoms with E-state index in [1.54, 1.807) is 11.1 Å². The largest absolute Gasteiger partial charge is 0.0683 e. The summed E-state index contributed by atoms with van der Waals surface area (Å²) in [6.45, 7) is 28.9. The van der Waals surface area contributed by atoms with Crippen molar-refractivity contribution in [2.45, 2.75) is 120 Å². The van der Waals surface area contributed by atoms with Crippen LogP contribution in [0, 0.1) is 16.2 Å². The molecule has 0 nitrogen and oxygen atoms in total. The fourth-order valence-electron chi connectivity index (χ4n) is 8.50. The maximum absolute atomic E-state index is 2.52. The van der Waals surface area contributed by atoms with Gasteiger partial charge in [0.15, 0.2) is 0 Å². The van der Waals surface area contributed by atoms with Crippen molar-refractivity contribution in [2.24, 2.45) is 16.2 Å². The number of hydrogen-bond donors (Lipinski definition) is 0. The Morgan fingerprint density at radius 1 is 0.593 bits per heavy atom. The van der Waals surface area contributed by atoms with Crippen LogP contribution in [0.1, 0.15) is 120 Å². The average molecular weight is 373 g/mol. The van der Waals surface area contributed by atoms with Crippen molar-refractivity contribution in [3.8, 4) is 0 Å². The van der Waals surface area contributed by atoms with Gasteiger partial charge in [0.1, 0.15) is 0 Å². The smallest absolute Gasteiger partial charge is 0.00256 e. The Morgan fingerprint density at radius 3 is 1.04 bits per heavy atom. The van der Waals surface area contributed by atoms with E-state index in [2.05, 4.69) is 93.5 Å². The number of benzene rings is 1. The highest BCUT2D eigenvalue weighted by molar-refractivity contribution is 5.53. The van der Waals surface area contributed by atoms with Crippen LogP contribution in [0.3, 0.4) is 0 Å². The van der Waals surface area contributed by atoms with E-state index < -0.39 is 0 Å². The van der Waals surface area contributed by atoms with Gasteiger partial charge in [-0.1, -0.05) is 107 Å². The van der Waals surface area contributed by atoms with Crippen LogP contribution in [0.5, 0.6) is 0 Å². The van der Waals surface area contributed by atoms with Crippen molar-refractivity contribution >= 4 is 0 Å². The van der Waals surface area contributed by atoms with Gasteiger partial charge in [-0.25, -0.2) is 0 Å². The topological polar surface area (TPSA) is 0 Å². The molecule has 0 N–H and O–H groups in total. The van der Waals surface area contributed by atoms with Crippen molar-refractivity contribution < 1.29 is 0 Å². The zero-order chi connectivity index (χ0) is 21.3. The van der Waals surface area contributed by atoms with Crippen molar-refractivity contribution in [2.75, 3.05) is 0 Å². The van der Waals surface area contributed by atoms with Crippen molar-refractivity contribution in [1.82, 2.24) is 0 Å². The Kier molecular flexibility index (Phi) is 7.12. The lowest BCUT2D eigenvalue weighted by Crippen LogP contribution is -2.65. The number of fused-ring (bicyclic) bond motifs is 1. The maximum atomic E-state index is 2.52. The summed E-state index contributed by atoms with van der Waals surface area (Å²) in [4.78, 5) is 0. The van der Waals surface area contributed by atoms with E-state index in [4.69, 9.17) is 0 Å². The molecule has 1 aliphatic rings. The van der Waals surface area contributed by atoms with Crippen LogP contribution in [-0.2, 0) is 10.8 Å². The first-order valence-electron chi connectivity index (χ1n) is 11.6. The van der Waals surface area contributed by atoms with E-state index in [9.17, 15) is 0 Å². The van der Waals surface area contributed by atoms with E-state index >= 15 is 0 Å². The molecule has 0 heteroatoms. The van der Waals surface area contributed by atoms with Gasteiger partial charge in [0.25, 0.3) is 0 Å². The number of hydrogen-bond acceptors (Lipinski definition) is 0. The molecule has 0 spiro atoms. The monoisotopic (exact) mass is 372 g/mol. The van der Waals surface area contributed by atoms with E-state index in [0.717, 1.165) is 0 Å². The SMILES string of the molecule is CC.CCC1(CC)c2ccccc2C(CC)(CC)C1(C(C)(C)C)C(C)(C)C. The average Bonchev–Trinajstić information content (AvgIpc) is 2.87. The van der Waals surface area contributed by atoms with E-state index in [-0.39, 0.29) is 27.1 Å². The second-order valence-corrected chi connectivity index (χ2v) is 10.4. The van der Waals surface area contributed by atoms with Gasteiger partial charge in [-0.3, -0.25) is 0 Å². The minimum atomic E-state index is 0.205. The van der Waals surface area contributed by atoms with Crippen LogP contribution >= 0.6 is 0 Å². The molecular weight excluding hydrogens is 324 g/mol. The molecule has 1 aliphatic carbocycles. The van der Waals surface area contributed by atoms with Gasteiger partial charge in [0.05, 0.1) is 0 Å². The quantitative estimate of drug-likeness (QED) is 0.495. The summed E-state index contributed by atoms with van der Waals surface area (Å²) in [5.74, 6) is 0. The van der Waals surface area contributed by atoms with Crippen molar-refractivity contribution in [3.63, 3.8) is 0 Å². The molecule has 1 aromatic rings. The molecule has 0 saturated carbocycles. The Balaban J connectivity index is 0.00000176. The van der Waals surface area contributed by atoms with Crippen LogP contribution < -0.4 is 0 Å². The summed E-state index contributed by atoms with van der Waals surface area (Å²) in [7, 11) is 0. The molecule has 0 aromatic heterocycles. The minimum absolute atomic E-state index is 0.205. The Labute approximate surface area is 171 Å². The van der Waals surface area contributed by atoms with Gasteiger partial charge in [-0.2, -0.15) is 0 Å². The van der Waals surface area contributed by atoms with E-state index in [1.165, 1.54) is 25.7 Å². The molecule has 0 unspecified atom stereocenters. The van der Waals surface area contributed by atoms with E-state index in [1.807, 2.05) is 13.8 Å². The predicted octanol–water partition coefficient (Wildman–Crippen LogP) is 8.92. The first-order chi connectivity index (χ1) is 12.5. The molecule has 1 aromatic carbocycles. The zero-order valence-corrected chi connectivity index (χ0v) is 20.6.